The van der Waals surface area contributed by atoms with Gasteiger partial charge in [0.15, 0.2) is 0 Å². The average Bonchev–Trinajstić information content (AvgIpc) is 2.26. The molecule has 0 fully saturated rings. The van der Waals surface area contributed by atoms with Crippen LogP contribution in [0, 0.1) is 0 Å². The largest absolute Gasteiger partial charge is 0.361 e. The van der Waals surface area contributed by atoms with E-state index in [1.807, 2.05) is 5.43 Å². The molecule has 1 rings (SSSR count). The third-order valence-electron chi connectivity index (χ3n) is 1.58. The maximum absolute atomic E-state index is 10.8. The van der Waals surface area contributed by atoms with E-state index in [1.165, 1.54) is 0 Å². The summed E-state index contributed by atoms with van der Waals surface area (Å²) in [5.74, 6) is -2.03. The zero-order valence-electron chi connectivity index (χ0n) is 8.10. The quantitative estimate of drug-likeness (QED) is 0.384. The van der Waals surface area contributed by atoms with Gasteiger partial charge in [-0.15, -0.1) is 0 Å². The summed E-state index contributed by atoms with van der Waals surface area (Å²) in [5.41, 5.74) is 7.84. The molecule has 6 heteroatoms. The molecule has 6 nitrogen and oxygen atoms in total. The van der Waals surface area contributed by atoms with Gasteiger partial charge in [-0.2, -0.15) is 5.10 Å². The van der Waals surface area contributed by atoms with Crippen molar-refractivity contribution < 1.29 is 9.59 Å². The molecule has 0 aliphatic heterocycles. The molecular weight excluding hydrogens is 196 g/mol. The Morgan fingerprint density at radius 3 is 2.73 bits per heavy atom. The number of hydrogen-bond donors (Lipinski definition) is 2. The van der Waals surface area contributed by atoms with E-state index in [1.54, 1.807) is 31.3 Å². The summed E-state index contributed by atoms with van der Waals surface area (Å²) >= 11 is 0. The second-order valence-electron chi connectivity index (χ2n) is 2.72. The third-order valence-corrected chi connectivity index (χ3v) is 1.58. The zero-order chi connectivity index (χ0) is 11.3. The van der Waals surface area contributed by atoms with Crippen LogP contribution in [0.5, 0.6) is 0 Å². The molecule has 0 aliphatic rings. The minimum absolute atomic E-state index is 0.491. The summed E-state index contributed by atoms with van der Waals surface area (Å²) in [6.07, 6.45) is 1.60. The molecule has 1 heterocycles. The van der Waals surface area contributed by atoms with Gasteiger partial charge < -0.3 is 5.73 Å². The van der Waals surface area contributed by atoms with Crippen LogP contribution in [0.2, 0.25) is 0 Å². The van der Waals surface area contributed by atoms with Crippen molar-refractivity contribution in [2.24, 2.45) is 10.8 Å². The fraction of sp³-hybridized carbons (Fsp3) is 0.111. The monoisotopic (exact) mass is 206 g/mol. The predicted molar refractivity (Wildman–Crippen MR) is 53.8 cm³/mol. The summed E-state index contributed by atoms with van der Waals surface area (Å²) in [4.78, 5) is 25.1. The number of nitrogens with zero attached hydrogens (tertiary/aromatic N) is 2. The molecule has 78 valence electrons. The normalized spacial score (nSPS) is 10.9. The van der Waals surface area contributed by atoms with E-state index in [2.05, 4.69) is 10.1 Å². The first-order chi connectivity index (χ1) is 7.11. The van der Waals surface area contributed by atoms with Crippen LogP contribution in [-0.4, -0.2) is 22.5 Å². The highest BCUT2D eigenvalue weighted by atomic mass is 16.2. The Morgan fingerprint density at radius 1 is 1.47 bits per heavy atom. The van der Waals surface area contributed by atoms with Gasteiger partial charge >= 0.3 is 11.8 Å². The van der Waals surface area contributed by atoms with E-state index < -0.39 is 11.8 Å². The Bertz CT molecular complexity index is 400. The number of pyridine rings is 1. The first-order valence-corrected chi connectivity index (χ1v) is 4.16. The van der Waals surface area contributed by atoms with E-state index in [0.717, 1.165) is 0 Å². The van der Waals surface area contributed by atoms with Gasteiger partial charge in [0.25, 0.3) is 0 Å². The number of nitrogens with two attached hydrogens (primary N) is 1. The summed E-state index contributed by atoms with van der Waals surface area (Å²) in [7, 11) is 0. The summed E-state index contributed by atoms with van der Waals surface area (Å²) in [6.45, 7) is 1.66. The molecule has 0 saturated carbocycles. The maximum atomic E-state index is 10.8. The van der Waals surface area contributed by atoms with Gasteiger partial charge in [-0.1, -0.05) is 6.07 Å². The number of carbonyl (C=O) groups is 2. The highest BCUT2D eigenvalue weighted by molar-refractivity contribution is 6.34. The van der Waals surface area contributed by atoms with Crippen molar-refractivity contribution in [3.8, 4) is 0 Å². The van der Waals surface area contributed by atoms with E-state index in [4.69, 9.17) is 5.73 Å². The molecule has 0 saturated heterocycles. The van der Waals surface area contributed by atoms with E-state index in [0.29, 0.717) is 11.4 Å². The number of primary amides is 1. The summed E-state index contributed by atoms with van der Waals surface area (Å²) < 4.78 is 0. The topological polar surface area (TPSA) is 97.4 Å². The standard InChI is InChI=1S/C9H10N4O2/c1-6(7-4-2-3-5-11-7)12-13-9(15)8(10)14/h2-5H,1H3,(H2,10,14)(H,13,15). The van der Waals surface area contributed by atoms with Gasteiger partial charge in [0, 0.05) is 6.20 Å². The van der Waals surface area contributed by atoms with Crippen LogP contribution in [0.4, 0.5) is 0 Å². The Hall–Kier alpha value is -2.24. The van der Waals surface area contributed by atoms with Crippen molar-refractivity contribution in [2.45, 2.75) is 6.92 Å². The van der Waals surface area contributed by atoms with Crippen molar-refractivity contribution >= 4 is 17.5 Å². The molecule has 2 amide bonds. The van der Waals surface area contributed by atoms with Crippen molar-refractivity contribution in [2.75, 3.05) is 0 Å². The van der Waals surface area contributed by atoms with Gasteiger partial charge in [0.2, 0.25) is 0 Å². The van der Waals surface area contributed by atoms with E-state index >= 15 is 0 Å². The first kappa shape index (κ1) is 10.8. The molecule has 15 heavy (non-hydrogen) atoms. The minimum atomic E-state index is -1.08. The lowest BCUT2D eigenvalue weighted by Gasteiger charge is -1.99. The Morgan fingerprint density at radius 2 is 2.20 bits per heavy atom. The number of aromatic nitrogens is 1. The van der Waals surface area contributed by atoms with Gasteiger partial charge in [-0.25, -0.2) is 5.43 Å². The number of amides is 2. The van der Waals surface area contributed by atoms with Gasteiger partial charge in [-0.05, 0) is 19.1 Å². The molecule has 0 aliphatic carbocycles. The van der Waals surface area contributed by atoms with Crippen LogP contribution in [-0.2, 0) is 9.59 Å². The number of hydrogen-bond acceptors (Lipinski definition) is 4. The van der Waals surface area contributed by atoms with Crippen molar-refractivity contribution in [3.63, 3.8) is 0 Å². The molecule has 0 atom stereocenters. The fourth-order valence-corrected chi connectivity index (χ4v) is 0.824. The fourth-order valence-electron chi connectivity index (χ4n) is 0.824. The molecule has 1 aromatic heterocycles. The van der Waals surface area contributed by atoms with Gasteiger partial charge in [-0.3, -0.25) is 14.6 Å². The molecule has 0 spiro atoms. The second-order valence-corrected chi connectivity index (χ2v) is 2.72. The molecule has 3 N–H and O–H groups in total. The van der Waals surface area contributed by atoms with Crippen LogP contribution in [0.1, 0.15) is 12.6 Å². The molecular formula is C9H10N4O2. The van der Waals surface area contributed by atoms with Gasteiger partial charge in [0.05, 0.1) is 11.4 Å². The Balaban J connectivity index is 2.69. The smallest absolute Gasteiger partial charge is 0.329 e. The van der Waals surface area contributed by atoms with E-state index in [-0.39, 0.29) is 0 Å². The minimum Gasteiger partial charge on any atom is -0.361 e. The van der Waals surface area contributed by atoms with Crippen LogP contribution in [0.25, 0.3) is 0 Å². The first-order valence-electron chi connectivity index (χ1n) is 4.16. The lowest BCUT2D eigenvalue weighted by molar-refractivity contribution is -0.137. The number of carbonyl (C=O) groups excluding carboxylic acids is 2. The second kappa shape index (κ2) is 4.85. The highest BCUT2D eigenvalue weighted by Crippen LogP contribution is 1.94. The maximum Gasteiger partial charge on any atom is 0.329 e. The highest BCUT2D eigenvalue weighted by Gasteiger charge is 2.06. The summed E-state index contributed by atoms with van der Waals surface area (Å²) in [5, 5.41) is 3.67. The van der Waals surface area contributed by atoms with Crippen LogP contribution >= 0.6 is 0 Å². The number of hydrazone groups is 1. The number of nitrogens with one attached hydrogen (secondary N) is 1. The van der Waals surface area contributed by atoms with Crippen LogP contribution < -0.4 is 11.2 Å². The molecule has 0 unspecified atom stereocenters. The van der Waals surface area contributed by atoms with Crippen molar-refractivity contribution in [1.29, 1.82) is 0 Å². The lowest BCUT2D eigenvalue weighted by atomic mass is 10.3. The van der Waals surface area contributed by atoms with Crippen molar-refractivity contribution in [3.05, 3.63) is 30.1 Å². The van der Waals surface area contributed by atoms with Crippen LogP contribution in [0.3, 0.4) is 0 Å². The lowest BCUT2D eigenvalue weighted by Crippen LogP contribution is -2.33. The molecule has 0 radical (unpaired) electrons. The third kappa shape index (κ3) is 3.18. The molecule has 1 aromatic rings. The average molecular weight is 206 g/mol. The predicted octanol–water partition coefficient (Wildman–Crippen LogP) is -0.593. The zero-order valence-corrected chi connectivity index (χ0v) is 8.10. The Kier molecular flexibility index (Phi) is 3.50. The SMILES string of the molecule is CC(=NNC(=O)C(N)=O)c1ccccn1. The summed E-state index contributed by atoms with van der Waals surface area (Å²) in [6, 6.07) is 5.28. The van der Waals surface area contributed by atoms with Crippen molar-refractivity contribution in [1.82, 2.24) is 10.4 Å². The molecule has 0 bridgehead atoms. The van der Waals surface area contributed by atoms with Crippen LogP contribution in [0.15, 0.2) is 29.5 Å². The number of rotatable bonds is 2. The molecule has 0 aromatic carbocycles. The van der Waals surface area contributed by atoms with Gasteiger partial charge in [0.1, 0.15) is 0 Å². The Labute approximate surface area is 86.2 Å². The van der Waals surface area contributed by atoms with E-state index in [9.17, 15) is 9.59 Å².